The summed E-state index contributed by atoms with van der Waals surface area (Å²) in [7, 11) is -0.0692. The van der Waals surface area contributed by atoms with Gasteiger partial charge in [-0.15, -0.1) is 0 Å². The number of piperazine rings is 1. The van der Waals surface area contributed by atoms with E-state index < -0.39 is 0 Å². The molecule has 30 heavy (non-hydrogen) atoms. The van der Waals surface area contributed by atoms with Crippen molar-refractivity contribution in [2.45, 2.75) is 11.8 Å². The minimum Gasteiger partial charge on any atom is -0.354 e. The minimum absolute atomic E-state index is 0.0692. The fourth-order valence-electron chi connectivity index (χ4n) is 3.65. The molecule has 1 saturated heterocycles. The third-order valence-electron chi connectivity index (χ3n) is 5.20. The first-order valence-corrected chi connectivity index (χ1v) is 11.3. The molecule has 1 aliphatic heterocycles. The van der Waals surface area contributed by atoms with E-state index in [0.717, 1.165) is 43.2 Å². The van der Waals surface area contributed by atoms with Crippen molar-refractivity contribution in [3.63, 3.8) is 0 Å². The molecule has 3 aromatic rings. The number of amides is 1. The zero-order valence-electron chi connectivity index (χ0n) is 17.1. The van der Waals surface area contributed by atoms with E-state index in [1.807, 2.05) is 24.3 Å². The summed E-state index contributed by atoms with van der Waals surface area (Å²) in [4.78, 5) is 19.9. The van der Waals surface area contributed by atoms with Crippen LogP contribution in [0.3, 0.4) is 0 Å². The number of carbonyl (C=O) groups excluding carboxylic acids is 1. The average molecular weight is 419 g/mol. The van der Waals surface area contributed by atoms with Crippen LogP contribution in [0.1, 0.15) is 6.92 Å². The van der Waals surface area contributed by atoms with E-state index in [9.17, 15) is 4.79 Å². The SMILES string of the molecule is C=CC(=O)Nc1ccc(S(=CC)N2CCN(c3ccc4ccccc4n3)CC2)cc1. The van der Waals surface area contributed by atoms with Crippen LogP contribution < -0.4 is 10.2 Å². The molecule has 1 atom stereocenters. The van der Waals surface area contributed by atoms with Crippen LogP contribution in [0.4, 0.5) is 11.5 Å². The molecule has 0 spiro atoms. The van der Waals surface area contributed by atoms with Crippen molar-refractivity contribution in [3.05, 3.63) is 73.3 Å². The molecule has 0 saturated carbocycles. The molecule has 1 fully saturated rings. The smallest absolute Gasteiger partial charge is 0.247 e. The maximum absolute atomic E-state index is 11.5. The lowest BCUT2D eigenvalue weighted by molar-refractivity contribution is -0.111. The summed E-state index contributed by atoms with van der Waals surface area (Å²) in [5.41, 5.74) is 1.83. The van der Waals surface area contributed by atoms with Crippen LogP contribution in [0.2, 0.25) is 0 Å². The Bertz CT molecular complexity index is 1090. The molecule has 1 N–H and O–H groups in total. The number of benzene rings is 2. The Kier molecular flexibility index (Phi) is 6.26. The molecule has 1 aromatic heterocycles. The topological polar surface area (TPSA) is 48.5 Å². The molecule has 6 heteroatoms. The molecule has 0 bridgehead atoms. The van der Waals surface area contributed by atoms with Crippen LogP contribution >= 0.6 is 10.7 Å². The summed E-state index contributed by atoms with van der Waals surface area (Å²) in [6, 6.07) is 20.6. The maximum Gasteiger partial charge on any atom is 0.247 e. The molecule has 5 nitrogen and oxygen atoms in total. The van der Waals surface area contributed by atoms with Gasteiger partial charge >= 0.3 is 0 Å². The Morgan fingerprint density at radius 2 is 1.77 bits per heavy atom. The summed E-state index contributed by atoms with van der Waals surface area (Å²) in [5, 5.41) is 6.24. The number of para-hydroxylation sites is 1. The Hall–Kier alpha value is -2.96. The monoisotopic (exact) mass is 418 g/mol. The van der Waals surface area contributed by atoms with Crippen molar-refractivity contribution in [3.8, 4) is 0 Å². The lowest BCUT2D eigenvalue weighted by atomic mass is 10.2. The standard InChI is InChI=1S/C24H26N4OS/c1-3-24(29)25-20-10-12-21(13-11-20)30(4-2)28-17-15-27(16-18-28)23-14-9-19-7-5-6-8-22(19)26-23/h3-14H,1,15-18H2,2H3,(H,25,29). The third-order valence-corrected chi connectivity index (χ3v) is 7.32. The van der Waals surface area contributed by atoms with Crippen LogP contribution in [0.25, 0.3) is 10.9 Å². The van der Waals surface area contributed by atoms with Crippen molar-refractivity contribution in [2.75, 3.05) is 36.4 Å². The van der Waals surface area contributed by atoms with E-state index >= 15 is 0 Å². The lowest BCUT2D eigenvalue weighted by Crippen LogP contribution is -2.44. The van der Waals surface area contributed by atoms with Crippen molar-refractivity contribution in [2.24, 2.45) is 0 Å². The Morgan fingerprint density at radius 1 is 1.03 bits per heavy atom. The minimum atomic E-state index is -0.192. The number of rotatable bonds is 5. The van der Waals surface area contributed by atoms with E-state index in [2.05, 4.69) is 69.8 Å². The number of hydrogen-bond acceptors (Lipinski definition) is 4. The van der Waals surface area contributed by atoms with Gasteiger partial charge in [0.05, 0.1) is 5.52 Å². The van der Waals surface area contributed by atoms with Gasteiger partial charge in [-0.3, -0.25) is 4.79 Å². The van der Waals surface area contributed by atoms with Crippen molar-refractivity contribution >= 4 is 44.4 Å². The van der Waals surface area contributed by atoms with Gasteiger partial charge in [-0.25, -0.2) is 9.29 Å². The van der Waals surface area contributed by atoms with Gasteiger partial charge in [-0.2, -0.15) is 0 Å². The highest BCUT2D eigenvalue weighted by Gasteiger charge is 2.20. The predicted octanol–water partition coefficient (Wildman–Crippen LogP) is 4.55. The van der Waals surface area contributed by atoms with Crippen LogP contribution in [-0.2, 0) is 4.79 Å². The molecular weight excluding hydrogens is 392 g/mol. The lowest BCUT2D eigenvalue weighted by Gasteiger charge is -2.37. The van der Waals surface area contributed by atoms with Crippen molar-refractivity contribution in [1.29, 1.82) is 0 Å². The number of nitrogens with zero attached hydrogens (tertiary/aromatic N) is 3. The van der Waals surface area contributed by atoms with Gasteiger partial charge in [-0.1, -0.05) is 35.4 Å². The second kappa shape index (κ2) is 9.24. The number of pyridine rings is 1. The highest BCUT2D eigenvalue weighted by Crippen LogP contribution is 2.33. The molecule has 2 aromatic carbocycles. The molecule has 2 heterocycles. The number of carbonyl (C=O) groups is 1. The number of nitrogens with one attached hydrogen (secondary N) is 1. The van der Waals surface area contributed by atoms with E-state index in [-0.39, 0.29) is 16.6 Å². The fraction of sp³-hybridized carbons (Fsp3) is 0.208. The highest BCUT2D eigenvalue weighted by molar-refractivity contribution is 8.13. The van der Waals surface area contributed by atoms with Crippen molar-refractivity contribution < 1.29 is 4.79 Å². The van der Waals surface area contributed by atoms with Crippen LogP contribution in [-0.4, -0.2) is 46.7 Å². The molecular formula is C24H26N4OS. The van der Waals surface area contributed by atoms with Gasteiger partial charge in [0.2, 0.25) is 5.91 Å². The maximum atomic E-state index is 11.5. The number of aromatic nitrogens is 1. The second-order valence-electron chi connectivity index (χ2n) is 7.05. The fourth-order valence-corrected chi connectivity index (χ4v) is 5.49. The van der Waals surface area contributed by atoms with E-state index in [0.29, 0.717) is 0 Å². The second-order valence-corrected chi connectivity index (χ2v) is 9.13. The van der Waals surface area contributed by atoms with Crippen LogP contribution in [0.15, 0.2) is 78.2 Å². The Balaban J connectivity index is 1.43. The summed E-state index contributed by atoms with van der Waals surface area (Å²) in [6.45, 7) is 9.48. The first-order valence-electron chi connectivity index (χ1n) is 10.1. The summed E-state index contributed by atoms with van der Waals surface area (Å²) < 4.78 is 2.52. The van der Waals surface area contributed by atoms with Crippen LogP contribution in [0.5, 0.6) is 0 Å². The summed E-state index contributed by atoms with van der Waals surface area (Å²) in [5.74, 6) is 0.859. The molecule has 1 aliphatic rings. The number of anilines is 2. The third kappa shape index (κ3) is 4.45. The van der Waals surface area contributed by atoms with Gasteiger partial charge in [0, 0.05) is 42.1 Å². The molecule has 1 unspecified atom stereocenters. The average Bonchev–Trinajstić information content (AvgIpc) is 2.80. The van der Waals surface area contributed by atoms with Crippen LogP contribution in [0, 0.1) is 0 Å². The zero-order chi connectivity index (χ0) is 20.9. The predicted molar refractivity (Wildman–Crippen MR) is 128 cm³/mol. The quantitative estimate of drug-likeness (QED) is 0.488. The first kappa shape index (κ1) is 20.3. The molecule has 154 valence electrons. The Morgan fingerprint density at radius 3 is 2.47 bits per heavy atom. The normalized spacial score (nSPS) is 15.8. The van der Waals surface area contributed by atoms with Gasteiger partial charge < -0.3 is 10.2 Å². The van der Waals surface area contributed by atoms with E-state index in [1.54, 1.807) is 0 Å². The van der Waals surface area contributed by atoms with Gasteiger partial charge in [0.1, 0.15) is 5.82 Å². The molecule has 0 aliphatic carbocycles. The zero-order valence-corrected chi connectivity index (χ0v) is 17.9. The largest absolute Gasteiger partial charge is 0.354 e. The summed E-state index contributed by atoms with van der Waals surface area (Å²) >= 11 is 0. The van der Waals surface area contributed by atoms with Gasteiger partial charge in [-0.05, 0) is 60.8 Å². The Labute approximate surface area is 180 Å². The number of hydrogen-bond donors (Lipinski definition) is 1. The molecule has 1 amide bonds. The number of fused-ring (bicyclic) bond motifs is 1. The van der Waals surface area contributed by atoms with Crippen molar-refractivity contribution in [1.82, 2.24) is 9.29 Å². The first-order chi connectivity index (χ1) is 14.7. The van der Waals surface area contributed by atoms with Gasteiger partial charge in [0.15, 0.2) is 0 Å². The van der Waals surface area contributed by atoms with E-state index in [1.165, 1.54) is 16.4 Å². The highest BCUT2D eigenvalue weighted by atomic mass is 32.2. The molecule has 4 rings (SSSR count). The molecule has 0 radical (unpaired) electrons. The van der Waals surface area contributed by atoms with E-state index in [4.69, 9.17) is 4.98 Å². The van der Waals surface area contributed by atoms with Gasteiger partial charge in [0.25, 0.3) is 0 Å². The summed E-state index contributed by atoms with van der Waals surface area (Å²) in [6.07, 6.45) is 1.28.